The van der Waals surface area contributed by atoms with E-state index in [-0.39, 0.29) is 61.3 Å². The van der Waals surface area contributed by atoms with Gasteiger partial charge in [0.1, 0.15) is 12.4 Å². The van der Waals surface area contributed by atoms with Gasteiger partial charge >= 0.3 is 6.03 Å². The van der Waals surface area contributed by atoms with Gasteiger partial charge < -0.3 is 39.3 Å². The van der Waals surface area contributed by atoms with Gasteiger partial charge in [-0.3, -0.25) is 9.59 Å². The SMILES string of the molecule is COCCN(CCOC)C(=O)CNC(=O)N1Cc2ccccc2N(C(=O)c2ccc(OCCO)cc2Cl)C[C@H]1C. The van der Waals surface area contributed by atoms with Crippen molar-refractivity contribution in [3.05, 3.63) is 58.6 Å². The average Bonchev–Trinajstić information content (AvgIpc) is 3.10. The molecule has 1 aliphatic heterocycles. The Balaban J connectivity index is 1.76. The van der Waals surface area contributed by atoms with E-state index in [0.29, 0.717) is 37.7 Å². The molecule has 0 saturated heterocycles. The van der Waals surface area contributed by atoms with Gasteiger partial charge in [0.05, 0.1) is 37.0 Å². The van der Waals surface area contributed by atoms with Crippen LogP contribution in [0.2, 0.25) is 5.02 Å². The summed E-state index contributed by atoms with van der Waals surface area (Å²) in [5.74, 6) is -0.119. The number of amides is 4. The quantitative estimate of drug-likeness (QED) is 0.398. The first-order chi connectivity index (χ1) is 19.3. The topological polar surface area (TPSA) is 121 Å². The van der Waals surface area contributed by atoms with Gasteiger partial charge in [-0.05, 0) is 36.8 Å². The lowest BCUT2D eigenvalue weighted by molar-refractivity contribution is -0.131. The zero-order chi connectivity index (χ0) is 29.1. The van der Waals surface area contributed by atoms with Crippen molar-refractivity contribution in [2.45, 2.75) is 19.5 Å². The number of aliphatic hydroxyl groups is 1. The highest BCUT2D eigenvalue weighted by molar-refractivity contribution is 6.34. The number of nitrogens with one attached hydrogen (secondary N) is 1. The Hall–Kier alpha value is -3.38. The van der Waals surface area contributed by atoms with Crippen LogP contribution in [0.4, 0.5) is 10.5 Å². The van der Waals surface area contributed by atoms with Crippen molar-refractivity contribution < 1.29 is 33.7 Å². The van der Waals surface area contributed by atoms with E-state index in [4.69, 9.17) is 30.9 Å². The number of para-hydroxylation sites is 1. The normalized spacial score (nSPS) is 14.8. The maximum absolute atomic E-state index is 13.7. The molecule has 12 heteroatoms. The largest absolute Gasteiger partial charge is 0.491 e. The maximum atomic E-state index is 13.7. The van der Waals surface area contributed by atoms with E-state index in [1.54, 1.807) is 41.1 Å². The molecule has 1 heterocycles. The number of carbonyl (C=O) groups excluding carboxylic acids is 3. The van der Waals surface area contributed by atoms with Crippen LogP contribution >= 0.6 is 11.6 Å². The van der Waals surface area contributed by atoms with Crippen molar-refractivity contribution in [2.75, 3.05) is 71.7 Å². The number of anilines is 1. The van der Waals surface area contributed by atoms with E-state index in [2.05, 4.69) is 5.32 Å². The Labute approximate surface area is 239 Å². The number of fused-ring (bicyclic) bond motifs is 1. The van der Waals surface area contributed by atoms with Gasteiger partial charge in [-0.2, -0.15) is 0 Å². The number of carbonyl (C=O) groups is 3. The number of hydrogen-bond acceptors (Lipinski definition) is 7. The van der Waals surface area contributed by atoms with Crippen molar-refractivity contribution in [3.8, 4) is 5.75 Å². The van der Waals surface area contributed by atoms with Crippen LogP contribution in [0.15, 0.2) is 42.5 Å². The Kier molecular flexibility index (Phi) is 12.0. The number of benzene rings is 2. The van der Waals surface area contributed by atoms with E-state index in [1.807, 2.05) is 31.2 Å². The summed E-state index contributed by atoms with van der Waals surface area (Å²) in [5.41, 5.74) is 1.74. The second-order valence-corrected chi connectivity index (χ2v) is 9.67. The predicted molar refractivity (Wildman–Crippen MR) is 151 cm³/mol. The van der Waals surface area contributed by atoms with Crippen LogP contribution < -0.4 is 15.0 Å². The second-order valence-electron chi connectivity index (χ2n) is 9.26. The van der Waals surface area contributed by atoms with Gasteiger partial charge in [-0.1, -0.05) is 29.8 Å². The van der Waals surface area contributed by atoms with Crippen LogP contribution in [0, 0.1) is 0 Å². The molecule has 3 rings (SSSR count). The van der Waals surface area contributed by atoms with E-state index < -0.39 is 6.03 Å². The van der Waals surface area contributed by atoms with Gasteiger partial charge in [-0.25, -0.2) is 4.79 Å². The molecule has 0 aromatic heterocycles. The minimum absolute atomic E-state index is 0.114. The molecule has 0 fully saturated rings. The highest BCUT2D eigenvalue weighted by Crippen LogP contribution is 2.31. The molecule has 4 amide bonds. The standard InChI is InChI=1S/C28H37ClN4O7/c1-20-18-33(27(36)23-9-8-22(16-24(23)29)40-15-12-34)25-7-5-4-6-21(25)19-32(20)28(37)30-17-26(35)31(10-13-38-2)11-14-39-3/h4-9,16,20,34H,10-15,17-19H2,1-3H3,(H,30,37)/t20-/m1/s1. The summed E-state index contributed by atoms with van der Waals surface area (Å²) < 4.78 is 15.6. The summed E-state index contributed by atoms with van der Waals surface area (Å²) >= 11 is 6.45. The van der Waals surface area contributed by atoms with Crippen molar-refractivity contribution in [2.24, 2.45) is 0 Å². The number of hydrogen-bond donors (Lipinski definition) is 2. The summed E-state index contributed by atoms with van der Waals surface area (Å²) in [4.78, 5) is 44.6. The third-order valence-corrected chi connectivity index (χ3v) is 6.83. The molecule has 2 aromatic carbocycles. The molecule has 0 radical (unpaired) electrons. The van der Waals surface area contributed by atoms with Crippen molar-refractivity contribution in [1.82, 2.24) is 15.1 Å². The van der Waals surface area contributed by atoms with E-state index >= 15 is 0 Å². The Bertz CT molecular complexity index is 1160. The smallest absolute Gasteiger partial charge is 0.318 e. The summed E-state index contributed by atoms with van der Waals surface area (Å²) in [7, 11) is 3.12. The summed E-state index contributed by atoms with van der Waals surface area (Å²) in [6, 6.07) is 11.3. The minimum atomic E-state index is -0.410. The summed E-state index contributed by atoms with van der Waals surface area (Å²) in [6.07, 6.45) is 0. The van der Waals surface area contributed by atoms with Crippen LogP contribution in [0.3, 0.4) is 0 Å². The van der Waals surface area contributed by atoms with E-state index in [9.17, 15) is 14.4 Å². The molecule has 0 spiro atoms. The molecular weight excluding hydrogens is 540 g/mol. The minimum Gasteiger partial charge on any atom is -0.491 e. The molecule has 0 saturated carbocycles. The lowest BCUT2D eigenvalue weighted by atomic mass is 10.1. The van der Waals surface area contributed by atoms with Crippen LogP contribution in [0.5, 0.6) is 5.75 Å². The molecule has 2 N–H and O–H groups in total. The summed E-state index contributed by atoms with van der Waals surface area (Å²) in [6.45, 7) is 3.62. The number of urea groups is 1. The van der Waals surface area contributed by atoms with Crippen molar-refractivity contribution in [1.29, 1.82) is 0 Å². The molecule has 0 unspecified atom stereocenters. The second kappa shape index (κ2) is 15.4. The molecule has 11 nitrogen and oxygen atoms in total. The van der Waals surface area contributed by atoms with Crippen LogP contribution in [0.1, 0.15) is 22.8 Å². The van der Waals surface area contributed by atoms with Crippen LogP contribution in [-0.2, 0) is 20.8 Å². The Morgan fingerprint density at radius 2 is 1.77 bits per heavy atom. The van der Waals surface area contributed by atoms with E-state index in [1.165, 1.54) is 6.07 Å². The van der Waals surface area contributed by atoms with Crippen LogP contribution in [0.25, 0.3) is 0 Å². The Morgan fingerprint density at radius 3 is 2.42 bits per heavy atom. The molecule has 1 atom stereocenters. The monoisotopic (exact) mass is 576 g/mol. The molecule has 40 heavy (non-hydrogen) atoms. The van der Waals surface area contributed by atoms with Gasteiger partial charge in [0.2, 0.25) is 5.91 Å². The van der Waals surface area contributed by atoms with Gasteiger partial charge in [0, 0.05) is 52.1 Å². The number of aliphatic hydroxyl groups excluding tert-OH is 1. The van der Waals surface area contributed by atoms with Crippen LogP contribution in [-0.4, -0.2) is 106 Å². The number of nitrogens with zero attached hydrogens (tertiary/aromatic N) is 3. The number of ether oxygens (including phenoxy) is 3. The number of methoxy groups -OCH3 is 2. The lowest BCUT2D eigenvalue weighted by Gasteiger charge is -2.30. The number of rotatable bonds is 12. The zero-order valence-corrected chi connectivity index (χ0v) is 23.9. The maximum Gasteiger partial charge on any atom is 0.318 e. The third kappa shape index (κ3) is 8.07. The zero-order valence-electron chi connectivity index (χ0n) is 23.1. The van der Waals surface area contributed by atoms with Crippen molar-refractivity contribution >= 4 is 35.1 Å². The molecule has 2 aromatic rings. The molecule has 0 bridgehead atoms. The molecule has 1 aliphatic rings. The first-order valence-electron chi connectivity index (χ1n) is 13.0. The first-order valence-corrected chi connectivity index (χ1v) is 13.4. The molecular formula is C28H37ClN4O7. The average molecular weight is 577 g/mol. The van der Waals surface area contributed by atoms with Crippen molar-refractivity contribution in [3.63, 3.8) is 0 Å². The summed E-state index contributed by atoms with van der Waals surface area (Å²) in [5, 5.41) is 11.9. The Morgan fingerprint density at radius 1 is 1.07 bits per heavy atom. The third-order valence-electron chi connectivity index (χ3n) is 6.51. The fourth-order valence-electron chi connectivity index (χ4n) is 4.37. The highest BCUT2D eigenvalue weighted by Gasteiger charge is 2.32. The van der Waals surface area contributed by atoms with Gasteiger partial charge in [-0.15, -0.1) is 0 Å². The predicted octanol–water partition coefficient (Wildman–Crippen LogP) is 2.39. The van der Waals surface area contributed by atoms with Gasteiger partial charge in [0.15, 0.2) is 0 Å². The fraction of sp³-hybridized carbons (Fsp3) is 0.464. The molecule has 218 valence electrons. The molecule has 0 aliphatic carbocycles. The lowest BCUT2D eigenvalue weighted by Crippen LogP contribution is -2.50. The highest BCUT2D eigenvalue weighted by atomic mass is 35.5. The van der Waals surface area contributed by atoms with Gasteiger partial charge in [0.25, 0.3) is 5.91 Å². The van der Waals surface area contributed by atoms with E-state index in [0.717, 1.165) is 5.56 Å². The first kappa shape index (κ1) is 31.2. The fourth-order valence-corrected chi connectivity index (χ4v) is 4.62. The number of halogens is 1.